The summed E-state index contributed by atoms with van der Waals surface area (Å²) in [6.07, 6.45) is 4.80. The molecule has 0 aliphatic heterocycles. The quantitative estimate of drug-likeness (QED) is 0.538. The molecular weight excluding hydrogens is 396 g/mol. The molecule has 0 radical (unpaired) electrons. The average molecular weight is 415 g/mol. The minimum atomic E-state index is -2.98. The number of aromatic amines is 1. The molecule has 0 amide bonds. The number of nitrogens with one attached hydrogen (secondary N) is 2. The molecule has 0 spiro atoms. The molecule has 140 valence electrons. The van der Waals surface area contributed by atoms with Crippen molar-refractivity contribution in [3.05, 3.63) is 45.6 Å². The molecule has 3 N–H and O–H groups in total. The van der Waals surface area contributed by atoms with Crippen LogP contribution < -0.4 is 10.9 Å². The van der Waals surface area contributed by atoms with E-state index in [-0.39, 0.29) is 29.5 Å². The summed E-state index contributed by atoms with van der Waals surface area (Å²) in [5.41, 5.74) is 1.15. The van der Waals surface area contributed by atoms with Crippen molar-refractivity contribution in [3.63, 3.8) is 0 Å². The van der Waals surface area contributed by atoms with Gasteiger partial charge in [-0.25, -0.2) is 8.42 Å². The zero-order chi connectivity index (χ0) is 18.0. The van der Waals surface area contributed by atoms with Gasteiger partial charge in [0.25, 0.3) is 5.56 Å². The monoisotopic (exact) mass is 414 g/mol. The van der Waals surface area contributed by atoms with Crippen molar-refractivity contribution in [2.24, 2.45) is 0 Å². The second-order valence-corrected chi connectivity index (χ2v) is 8.95. The van der Waals surface area contributed by atoms with E-state index >= 15 is 0 Å². The summed E-state index contributed by atoms with van der Waals surface area (Å²) in [4.78, 5) is 14.9. The highest BCUT2D eigenvalue weighted by molar-refractivity contribution is 7.90. The van der Waals surface area contributed by atoms with Crippen LogP contribution in [-0.4, -0.2) is 43.6 Å². The van der Waals surface area contributed by atoms with Gasteiger partial charge in [0.1, 0.15) is 20.3 Å². The Morgan fingerprint density at radius 3 is 2.81 bits per heavy atom. The molecule has 6 nitrogen and oxygen atoms in total. The number of hydrogen-bond acceptors (Lipinski definition) is 6. The first-order chi connectivity index (χ1) is 11.9. The van der Waals surface area contributed by atoms with Crippen LogP contribution in [0, 0.1) is 0 Å². The van der Waals surface area contributed by atoms with Crippen LogP contribution in [0.3, 0.4) is 0 Å². The predicted octanol–water partition coefficient (Wildman–Crippen LogP) is 2.52. The van der Waals surface area contributed by atoms with Crippen LogP contribution in [0.25, 0.3) is 27.1 Å². The van der Waals surface area contributed by atoms with Gasteiger partial charge in [-0.2, -0.15) is 0 Å². The number of H-pyrrole nitrogens is 1. The average Bonchev–Trinajstić information content (AvgIpc) is 3.02. The first kappa shape index (κ1) is 20.4. The van der Waals surface area contributed by atoms with E-state index in [0.717, 1.165) is 10.8 Å². The highest BCUT2D eigenvalue weighted by atomic mass is 35.5. The van der Waals surface area contributed by atoms with E-state index in [1.165, 1.54) is 17.6 Å². The number of phenolic OH excluding ortho intramolecular Hbond substituents is 1. The summed E-state index contributed by atoms with van der Waals surface area (Å²) in [5.74, 6) is 0.205. The number of benzene rings is 1. The molecule has 0 saturated heterocycles. The fourth-order valence-corrected chi connectivity index (χ4v) is 3.96. The number of sulfone groups is 1. The van der Waals surface area contributed by atoms with Crippen LogP contribution in [0.4, 0.5) is 0 Å². The third-order valence-electron chi connectivity index (χ3n) is 3.81. The number of pyridine rings is 1. The van der Waals surface area contributed by atoms with Crippen molar-refractivity contribution < 1.29 is 13.5 Å². The summed E-state index contributed by atoms with van der Waals surface area (Å²) >= 11 is 1.36. The Bertz CT molecular complexity index is 1120. The number of aromatic hydroxyl groups is 1. The van der Waals surface area contributed by atoms with Gasteiger partial charge in [-0.05, 0) is 23.6 Å². The molecule has 0 saturated carbocycles. The molecule has 2 heterocycles. The van der Waals surface area contributed by atoms with Gasteiger partial charge in [0.05, 0.1) is 5.75 Å². The standard InChI is InChI=1S/C17H18N2O4S2.ClH/c1-25(22,23)10-8-18-7-2-3-11-14(20)5-4-13-15(11)12-6-9-24-16(12)17(21)19-13;/h2-6,9,18,20H,7-8,10H2,1H3,(H,19,21);1H/b3-2+;. The van der Waals surface area contributed by atoms with Crippen LogP contribution in [-0.2, 0) is 9.84 Å². The van der Waals surface area contributed by atoms with Crippen LogP contribution in [0.5, 0.6) is 5.75 Å². The van der Waals surface area contributed by atoms with E-state index in [1.807, 2.05) is 17.5 Å². The van der Waals surface area contributed by atoms with Crippen molar-refractivity contribution in [1.82, 2.24) is 10.3 Å². The summed E-state index contributed by atoms with van der Waals surface area (Å²) in [6.45, 7) is 0.842. The Kier molecular flexibility index (Phi) is 6.46. The highest BCUT2D eigenvalue weighted by Crippen LogP contribution is 2.33. The van der Waals surface area contributed by atoms with Gasteiger partial charge in [0, 0.05) is 41.2 Å². The third-order valence-corrected chi connectivity index (χ3v) is 5.67. The van der Waals surface area contributed by atoms with Gasteiger partial charge in [-0.1, -0.05) is 12.2 Å². The molecule has 1 aromatic carbocycles. The predicted molar refractivity (Wildman–Crippen MR) is 110 cm³/mol. The molecule has 0 fully saturated rings. The van der Waals surface area contributed by atoms with E-state index < -0.39 is 9.84 Å². The summed E-state index contributed by atoms with van der Waals surface area (Å²) < 4.78 is 22.8. The second kappa shape index (κ2) is 8.22. The molecule has 26 heavy (non-hydrogen) atoms. The fraction of sp³-hybridized carbons (Fsp3) is 0.235. The number of fused-ring (bicyclic) bond motifs is 3. The van der Waals surface area contributed by atoms with Gasteiger partial charge in [-0.3, -0.25) is 4.79 Å². The van der Waals surface area contributed by atoms with E-state index in [1.54, 1.807) is 18.2 Å². The lowest BCUT2D eigenvalue weighted by Gasteiger charge is -2.07. The Hall–Kier alpha value is -1.87. The van der Waals surface area contributed by atoms with E-state index in [9.17, 15) is 18.3 Å². The number of hydrogen-bond donors (Lipinski definition) is 3. The Balaban J connectivity index is 0.00000243. The Morgan fingerprint density at radius 1 is 1.31 bits per heavy atom. The zero-order valence-electron chi connectivity index (χ0n) is 14.0. The van der Waals surface area contributed by atoms with E-state index in [4.69, 9.17) is 0 Å². The lowest BCUT2D eigenvalue weighted by atomic mass is 10.0. The topological polar surface area (TPSA) is 99.3 Å². The minimum absolute atomic E-state index is 0. The molecule has 9 heteroatoms. The number of thiophene rings is 1. The minimum Gasteiger partial charge on any atom is -0.507 e. The normalized spacial score (nSPS) is 12.0. The van der Waals surface area contributed by atoms with Gasteiger partial charge < -0.3 is 15.4 Å². The molecule has 0 aliphatic rings. The third kappa shape index (κ3) is 4.45. The van der Waals surface area contributed by atoms with E-state index in [0.29, 0.717) is 28.9 Å². The number of aromatic nitrogens is 1. The molecule has 0 unspecified atom stereocenters. The van der Waals surface area contributed by atoms with Crippen molar-refractivity contribution in [2.45, 2.75) is 0 Å². The zero-order valence-corrected chi connectivity index (χ0v) is 16.4. The second-order valence-electron chi connectivity index (χ2n) is 5.77. The van der Waals surface area contributed by atoms with Crippen LogP contribution in [0.2, 0.25) is 0 Å². The summed E-state index contributed by atoms with van der Waals surface area (Å²) in [7, 11) is -2.98. The number of phenols is 1. The smallest absolute Gasteiger partial charge is 0.266 e. The van der Waals surface area contributed by atoms with Crippen molar-refractivity contribution >= 4 is 60.6 Å². The first-order valence-electron chi connectivity index (χ1n) is 7.67. The van der Waals surface area contributed by atoms with Crippen molar-refractivity contribution in [3.8, 4) is 5.75 Å². The Morgan fingerprint density at radius 2 is 2.08 bits per heavy atom. The lowest BCUT2D eigenvalue weighted by Crippen LogP contribution is -2.22. The molecule has 0 atom stereocenters. The molecule has 3 aromatic rings. The number of rotatable bonds is 6. The molecule has 0 bridgehead atoms. The molecule has 3 rings (SSSR count). The van der Waals surface area contributed by atoms with Crippen LogP contribution >= 0.6 is 23.7 Å². The fourth-order valence-electron chi connectivity index (χ4n) is 2.65. The largest absolute Gasteiger partial charge is 0.507 e. The van der Waals surface area contributed by atoms with Crippen LogP contribution in [0.15, 0.2) is 34.4 Å². The van der Waals surface area contributed by atoms with Gasteiger partial charge >= 0.3 is 0 Å². The molecular formula is C17H19ClN2O4S2. The number of halogens is 1. The van der Waals surface area contributed by atoms with Crippen molar-refractivity contribution in [2.75, 3.05) is 25.1 Å². The van der Waals surface area contributed by atoms with E-state index in [2.05, 4.69) is 10.3 Å². The Labute approximate surface area is 160 Å². The molecule has 0 aliphatic carbocycles. The van der Waals surface area contributed by atoms with Crippen molar-refractivity contribution in [1.29, 1.82) is 0 Å². The summed E-state index contributed by atoms with van der Waals surface area (Å²) in [6, 6.07) is 5.11. The van der Waals surface area contributed by atoms with Gasteiger partial charge in [0.15, 0.2) is 0 Å². The van der Waals surface area contributed by atoms with Gasteiger partial charge in [0.2, 0.25) is 0 Å². The maximum absolute atomic E-state index is 12.1. The highest BCUT2D eigenvalue weighted by Gasteiger charge is 2.11. The molecule has 2 aromatic heterocycles. The lowest BCUT2D eigenvalue weighted by molar-refractivity contribution is 0.475. The van der Waals surface area contributed by atoms with Crippen LogP contribution in [0.1, 0.15) is 5.56 Å². The maximum Gasteiger partial charge on any atom is 0.266 e. The first-order valence-corrected chi connectivity index (χ1v) is 10.6. The van der Waals surface area contributed by atoms with Gasteiger partial charge in [-0.15, -0.1) is 23.7 Å². The maximum atomic E-state index is 12.1. The SMILES string of the molecule is CS(=O)(=O)CCNC/C=C/c1c(O)ccc2[nH]c(=O)c3sccc3c12.Cl. The summed E-state index contributed by atoms with van der Waals surface area (Å²) in [5, 5.41) is 16.7.